The van der Waals surface area contributed by atoms with Crippen LogP contribution in [-0.2, 0) is 9.53 Å². The summed E-state index contributed by atoms with van der Waals surface area (Å²) in [4.78, 5) is 27.2. The number of hydrogen-bond acceptors (Lipinski definition) is 8. The van der Waals surface area contributed by atoms with Crippen LogP contribution >= 0.6 is 0 Å². The maximum atomic E-state index is 13.0. The Bertz CT molecular complexity index is 934. The average molecular weight is 417 g/mol. The average Bonchev–Trinajstić information content (AvgIpc) is 3.38. The summed E-state index contributed by atoms with van der Waals surface area (Å²) in [6, 6.07) is 7.12. The predicted octanol–water partition coefficient (Wildman–Crippen LogP) is 1.88. The van der Waals surface area contributed by atoms with Crippen LogP contribution in [0.15, 0.2) is 52.3 Å². The minimum absolute atomic E-state index is 0.00760. The highest BCUT2D eigenvalue weighted by molar-refractivity contribution is 6.15. The molecule has 0 saturated heterocycles. The molecule has 0 spiro atoms. The molecule has 2 N–H and O–H groups in total. The van der Waals surface area contributed by atoms with Crippen LogP contribution in [0.2, 0.25) is 0 Å². The summed E-state index contributed by atoms with van der Waals surface area (Å²) in [6.07, 6.45) is 1.34. The van der Waals surface area contributed by atoms with E-state index < -0.39 is 23.5 Å². The van der Waals surface area contributed by atoms with E-state index in [4.69, 9.17) is 23.7 Å². The lowest BCUT2D eigenvalue weighted by Crippen LogP contribution is -2.34. The molecule has 1 unspecified atom stereocenters. The third-order valence-electron chi connectivity index (χ3n) is 4.73. The number of ketones is 1. The van der Waals surface area contributed by atoms with Crippen molar-refractivity contribution < 1.29 is 38.4 Å². The molecule has 1 aromatic carbocycles. The summed E-state index contributed by atoms with van der Waals surface area (Å²) in [5, 5.41) is 19.4. The van der Waals surface area contributed by atoms with Crippen molar-refractivity contribution >= 4 is 11.7 Å². The zero-order chi connectivity index (χ0) is 21.7. The molecule has 9 heteroatoms. The molecule has 160 valence electrons. The van der Waals surface area contributed by atoms with Crippen molar-refractivity contribution in [1.29, 1.82) is 0 Å². The Balaban J connectivity index is 2.03. The summed E-state index contributed by atoms with van der Waals surface area (Å²) in [5.41, 5.74) is 0.450. The second-order valence-corrected chi connectivity index (χ2v) is 6.42. The lowest BCUT2D eigenvalue weighted by Gasteiger charge is -2.27. The number of carbonyl (C=O) groups is 2. The Morgan fingerprint density at radius 3 is 2.57 bits per heavy atom. The highest BCUT2D eigenvalue weighted by Crippen LogP contribution is 2.41. The fourth-order valence-corrected chi connectivity index (χ4v) is 3.36. The molecule has 0 fully saturated rings. The zero-order valence-electron chi connectivity index (χ0n) is 16.7. The van der Waals surface area contributed by atoms with Crippen molar-refractivity contribution in [3.63, 3.8) is 0 Å². The maximum Gasteiger partial charge on any atom is 0.290 e. The highest BCUT2D eigenvalue weighted by atomic mass is 16.5. The highest BCUT2D eigenvalue weighted by Gasteiger charge is 2.44. The lowest BCUT2D eigenvalue weighted by atomic mass is 9.94. The van der Waals surface area contributed by atoms with Crippen molar-refractivity contribution in [2.24, 2.45) is 0 Å². The predicted molar refractivity (Wildman–Crippen MR) is 105 cm³/mol. The summed E-state index contributed by atoms with van der Waals surface area (Å²) >= 11 is 0. The van der Waals surface area contributed by atoms with Crippen LogP contribution in [0, 0.1) is 0 Å². The van der Waals surface area contributed by atoms with Crippen LogP contribution in [0.3, 0.4) is 0 Å². The lowest BCUT2D eigenvalue weighted by molar-refractivity contribution is -0.130. The molecule has 2 heterocycles. The minimum atomic E-state index is -0.882. The largest absolute Gasteiger partial charge is 0.503 e. The van der Waals surface area contributed by atoms with Crippen LogP contribution in [0.1, 0.15) is 22.2 Å². The minimum Gasteiger partial charge on any atom is -0.503 e. The van der Waals surface area contributed by atoms with Gasteiger partial charge < -0.3 is 33.7 Å². The van der Waals surface area contributed by atoms with E-state index in [1.165, 1.54) is 31.4 Å². The van der Waals surface area contributed by atoms with Gasteiger partial charge in [0.05, 0.1) is 51.9 Å². The summed E-state index contributed by atoms with van der Waals surface area (Å²) in [5.74, 6) is -1.03. The molecule has 1 aromatic heterocycles. The van der Waals surface area contributed by atoms with E-state index in [0.717, 1.165) is 0 Å². The summed E-state index contributed by atoms with van der Waals surface area (Å²) in [7, 11) is 2.98. The van der Waals surface area contributed by atoms with Crippen LogP contribution in [0.5, 0.6) is 11.5 Å². The van der Waals surface area contributed by atoms with Crippen LogP contribution < -0.4 is 9.47 Å². The molecule has 0 radical (unpaired) electrons. The quantitative estimate of drug-likeness (QED) is 0.444. The molecule has 2 aromatic rings. The van der Waals surface area contributed by atoms with E-state index in [0.29, 0.717) is 17.1 Å². The van der Waals surface area contributed by atoms with Crippen molar-refractivity contribution in [1.82, 2.24) is 4.90 Å². The Hall–Kier alpha value is -3.30. The Morgan fingerprint density at radius 2 is 1.93 bits per heavy atom. The Kier molecular flexibility index (Phi) is 6.76. The van der Waals surface area contributed by atoms with Crippen molar-refractivity contribution in [2.75, 3.05) is 40.6 Å². The number of furan rings is 1. The number of aliphatic hydroxyl groups is 2. The number of carbonyl (C=O) groups excluding carboxylic acids is 2. The monoisotopic (exact) mass is 417 g/mol. The SMILES string of the molecule is COc1ccc(C2C(C(=O)c3ccco3)=C(O)C(=O)N2CCOCCO)cc1OC. The van der Waals surface area contributed by atoms with Crippen LogP contribution in [0.4, 0.5) is 0 Å². The number of rotatable bonds is 10. The Morgan fingerprint density at radius 1 is 1.17 bits per heavy atom. The first kappa shape index (κ1) is 21.4. The van der Waals surface area contributed by atoms with Crippen LogP contribution in [-0.4, -0.2) is 67.4 Å². The third kappa shape index (κ3) is 4.03. The fraction of sp³-hybridized carbons (Fsp3) is 0.333. The first-order valence-corrected chi connectivity index (χ1v) is 9.26. The van der Waals surface area contributed by atoms with E-state index in [1.807, 2.05) is 0 Å². The summed E-state index contributed by atoms with van der Waals surface area (Å²) < 4.78 is 21.1. The first-order valence-electron chi connectivity index (χ1n) is 9.26. The third-order valence-corrected chi connectivity index (χ3v) is 4.73. The molecular weight excluding hydrogens is 394 g/mol. The summed E-state index contributed by atoms with van der Waals surface area (Å²) in [6.45, 7) is 0.169. The van der Waals surface area contributed by atoms with Gasteiger partial charge in [0.25, 0.3) is 5.91 Å². The number of nitrogens with zero attached hydrogens (tertiary/aromatic N) is 1. The van der Waals surface area contributed by atoms with Gasteiger partial charge in [0.1, 0.15) is 0 Å². The molecule has 30 heavy (non-hydrogen) atoms. The van der Waals surface area contributed by atoms with E-state index in [-0.39, 0.29) is 37.7 Å². The van der Waals surface area contributed by atoms with Gasteiger partial charge in [-0.25, -0.2) is 0 Å². The molecule has 0 bridgehead atoms. The first-order chi connectivity index (χ1) is 14.5. The van der Waals surface area contributed by atoms with Gasteiger partial charge in [-0.2, -0.15) is 0 Å². The molecule has 9 nitrogen and oxygen atoms in total. The van der Waals surface area contributed by atoms with Gasteiger partial charge >= 0.3 is 0 Å². The van der Waals surface area contributed by atoms with Gasteiger partial charge in [-0.3, -0.25) is 9.59 Å². The molecule has 3 rings (SSSR count). The standard InChI is InChI=1S/C21H23NO8/c1-27-14-6-5-13(12-16(14)28-2)18-17(19(24)15-4-3-9-30-15)20(25)21(26)22(18)7-10-29-11-8-23/h3-6,9,12,18,23,25H,7-8,10-11H2,1-2H3. The number of aliphatic hydroxyl groups excluding tert-OH is 2. The van der Waals surface area contributed by atoms with Crippen LogP contribution in [0.25, 0.3) is 0 Å². The molecule has 0 aliphatic carbocycles. The zero-order valence-corrected chi connectivity index (χ0v) is 16.7. The number of methoxy groups -OCH3 is 2. The van der Waals surface area contributed by atoms with Gasteiger partial charge in [0.15, 0.2) is 23.0 Å². The second-order valence-electron chi connectivity index (χ2n) is 6.42. The number of Topliss-reactive ketones (excluding diaryl/α,β-unsaturated/α-hetero) is 1. The number of amides is 1. The van der Waals surface area contributed by atoms with Crippen molar-refractivity contribution in [2.45, 2.75) is 6.04 Å². The van der Waals surface area contributed by atoms with E-state index >= 15 is 0 Å². The van der Waals surface area contributed by atoms with Gasteiger partial charge in [-0.1, -0.05) is 6.07 Å². The molecule has 1 aliphatic heterocycles. The number of ether oxygens (including phenoxy) is 3. The van der Waals surface area contributed by atoms with E-state index in [2.05, 4.69) is 0 Å². The maximum absolute atomic E-state index is 13.0. The van der Waals surface area contributed by atoms with E-state index in [1.54, 1.807) is 24.3 Å². The molecule has 1 atom stereocenters. The topological polar surface area (TPSA) is 119 Å². The molecular formula is C21H23NO8. The van der Waals surface area contributed by atoms with Gasteiger partial charge in [0.2, 0.25) is 5.78 Å². The van der Waals surface area contributed by atoms with Gasteiger partial charge in [-0.15, -0.1) is 0 Å². The molecule has 1 amide bonds. The Labute approximate surface area is 173 Å². The van der Waals surface area contributed by atoms with E-state index in [9.17, 15) is 14.7 Å². The van der Waals surface area contributed by atoms with Crippen molar-refractivity contribution in [3.8, 4) is 11.5 Å². The van der Waals surface area contributed by atoms with Gasteiger partial charge in [0, 0.05) is 6.54 Å². The number of benzene rings is 1. The number of hydrogen-bond donors (Lipinski definition) is 2. The fourth-order valence-electron chi connectivity index (χ4n) is 3.36. The van der Waals surface area contributed by atoms with Gasteiger partial charge in [-0.05, 0) is 29.8 Å². The molecule has 0 saturated carbocycles. The molecule has 1 aliphatic rings. The normalized spacial score (nSPS) is 16.3. The smallest absolute Gasteiger partial charge is 0.290 e. The van der Waals surface area contributed by atoms with Crippen molar-refractivity contribution in [3.05, 3.63) is 59.3 Å². The second kappa shape index (κ2) is 9.47.